The molecule has 0 aliphatic carbocycles. The Bertz CT molecular complexity index is 584. The largest absolute Gasteiger partial charge is 0.389 e. The molecule has 0 saturated heterocycles. The predicted octanol–water partition coefficient (Wildman–Crippen LogP) is 4.28. The molecule has 0 aliphatic rings. The van der Waals surface area contributed by atoms with Crippen molar-refractivity contribution in [1.29, 1.82) is 0 Å². The molecular formula is C16H17BrFNO. The quantitative estimate of drug-likeness (QED) is 0.900. The zero-order chi connectivity index (χ0) is 14.7. The molecule has 2 nitrogen and oxygen atoms in total. The van der Waals surface area contributed by atoms with Gasteiger partial charge >= 0.3 is 0 Å². The van der Waals surface area contributed by atoms with E-state index in [1.165, 1.54) is 6.07 Å². The molecule has 0 fully saturated rings. The molecule has 0 spiro atoms. The van der Waals surface area contributed by atoms with Crippen LogP contribution in [-0.4, -0.2) is 12.2 Å². The van der Waals surface area contributed by atoms with Crippen molar-refractivity contribution >= 4 is 21.6 Å². The fourth-order valence-electron chi connectivity index (χ4n) is 2.22. The highest BCUT2D eigenvalue weighted by Gasteiger charge is 2.16. The summed E-state index contributed by atoms with van der Waals surface area (Å²) in [6, 6.07) is 12.8. The van der Waals surface area contributed by atoms with Gasteiger partial charge in [-0.3, -0.25) is 0 Å². The van der Waals surface area contributed by atoms with Crippen LogP contribution in [0.4, 0.5) is 10.1 Å². The fraction of sp³-hybridized carbons (Fsp3) is 0.250. The Labute approximate surface area is 127 Å². The lowest BCUT2D eigenvalue weighted by Gasteiger charge is -2.24. The molecule has 0 amide bonds. The van der Waals surface area contributed by atoms with Gasteiger partial charge in [0.25, 0.3) is 0 Å². The van der Waals surface area contributed by atoms with Crippen LogP contribution in [0.15, 0.2) is 46.9 Å². The lowest BCUT2D eigenvalue weighted by molar-refractivity contribution is 0.194. The highest BCUT2D eigenvalue weighted by Crippen LogP contribution is 2.29. The van der Waals surface area contributed by atoms with Gasteiger partial charge in [0.05, 0.1) is 6.10 Å². The van der Waals surface area contributed by atoms with E-state index in [4.69, 9.17) is 0 Å². The first-order valence-corrected chi connectivity index (χ1v) is 7.20. The number of benzene rings is 2. The summed E-state index contributed by atoms with van der Waals surface area (Å²) in [5.41, 5.74) is 2.17. The van der Waals surface area contributed by atoms with Crippen molar-refractivity contribution in [2.45, 2.75) is 19.6 Å². The zero-order valence-electron chi connectivity index (χ0n) is 11.5. The first-order valence-electron chi connectivity index (χ1n) is 6.41. The summed E-state index contributed by atoms with van der Waals surface area (Å²) < 4.78 is 14.9. The van der Waals surface area contributed by atoms with Crippen LogP contribution in [0, 0.1) is 5.82 Å². The number of rotatable bonds is 4. The molecule has 2 rings (SSSR count). The normalized spacial score (nSPS) is 12.2. The molecule has 1 atom stereocenters. The van der Waals surface area contributed by atoms with Crippen molar-refractivity contribution < 1.29 is 9.50 Å². The first-order chi connectivity index (χ1) is 9.49. The molecule has 4 heteroatoms. The van der Waals surface area contributed by atoms with E-state index in [9.17, 15) is 9.50 Å². The molecule has 0 unspecified atom stereocenters. The van der Waals surface area contributed by atoms with E-state index in [0.29, 0.717) is 17.8 Å². The van der Waals surface area contributed by atoms with Crippen LogP contribution in [0.3, 0.4) is 0 Å². The second-order valence-corrected chi connectivity index (χ2v) is 5.75. The number of hydrogen-bond donors (Lipinski definition) is 1. The summed E-state index contributed by atoms with van der Waals surface area (Å²) >= 11 is 3.40. The predicted molar refractivity (Wildman–Crippen MR) is 83.3 cm³/mol. The van der Waals surface area contributed by atoms with Crippen molar-refractivity contribution in [3.63, 3.8) is 0 Å². The van der Waals surface area contributed by atoms with Gasteiger partial charge in [0.15, 0.2) is 0 Å². The summed E-state index contributed by atoms with van der Waals surface area (Å²) in [5.74, 6) is -0.375. The lowest BCUT2D eigenvalue weighted by atomic mass is 10.1. The monoisotopic (exact) mass is 337 g/mol. The Hall–Kier alpha value is -1.39. The Morgan fingerprint density at radius 1 is 1.20 bits per heavy atom. The summed E-state index contributed by atoms with van der Waals surface area (Å²) in [6.45, 7) is 2.23. The molecule has 20 heavy (non-hydrogen) atoms. The van der Waals surface area contributed by atoms with Crippen LogP contribution in [0.5, 0.6) is 0 Å². The highest BCUT2D eigenvalue weighted by molar-refractivity contribution is 9.10. The highest BCUT2D eigenvalue weighted by atomic mass is 79.9. The van der Waals surface area contributed by atoms with Crippen molar-refractivity contribution in [3.05, 3.63) is 63.9 Å². The molecule has 0 heterocycles. The van der Waals surface area contributed by atoms with Gasteiger partial charge in [-0.2, -0.15) is 0 Å². The fourth-order valence-corrected chi connectivity index (χ4v) is 2.49. The average molecular weight is 338 g/mol. The summed E-state index contributed by atoms with van der Waals surface area (Å²) in [6.07, 6.45) is -0.835. The van der Waals surface area contributed by atoms with E-state index in [-0.39, 0.29) is 5.82 Å². The van der Waals surface area contributed by atoms with Crippen LogP contribution in [0.2, 0.25) is 0 Å². The van der Waals surface area contributed by atoms with Crippen LogP contribution in [0.25, 0.3) is 0 Å². The Morgan fingerprint density at radius 2 is 1.85 bits per heavy atom. The van der Waals surface area contributed by atoms with E-state index in [0.717, 1.165) is 10.0 Å². The maximum Gasteiger partial charge on any atom is 0.131 e. The smallest absolute Gasteiger partial charge is 0.131 e. The summed E-state index contributed by atoms with van der Waals surface area (Å²) in [5, 5.41) is 9.76. The van der Waals surface area contributed by atoms with Gasteiger partial charge < -0.3 is 10.0 Å². The Kier molecular flexibility index (Phi) is 4.78. The molecule has 0 aromatic heterocycles. The van der Waals surface area contributed by atoms with Crippen molar-refractivity contribution in [2.75, 3.05) is 11.9 Å². The molecule has 0 aliphatic heterocycles. The van der Waals surface area contributed by atoms with Gasteiger partial charge in [0.2, 0.25) is 0 Å². The lowest BCUT2D eigenvalue weighted by Crippen LogP contribution is -2.19. The number of aliphatic hydroxyl groups excluding tert-OH is 1. The third kappa shape index (κ3) is 3.38. The Morgan fingerprint density at radius 3 is 2.45 bits per heavy atom. The van der Waals surface area contributed by atoms with Crippen molar-refractivity contribution in [2.24, 2.45) is 0 Å². The number of nitrogens with zero attached hydrogens (tertiary/aromatic N) is 1. The first kappa shape index (κ1) is 15.0. The van der Waals surface area contributed by atoms with Gasteiger partial charge in [0.1, 0.15) is 5.82 Å². The standard InChI is InChI=1S/C16H17BrFNO/c1-11(20)16-14(18)4-3-5-15(16)19(2)10-12-6-8-13(17)9-7-12/h3-9,11,20H,10H2,1-2H3/t11-/m0/s1. The van der Waals surface area contributed by atoms with Crippen LogP contribution in [0.1, 0.15) is 24.2 Å². The third-order valence-corrected chi connectivity index (χ3v) is 3.72. The molecule has 0 radical (unpaired) electrons. The zero-order valence-corrected chi connectivity index (χ0v) is 13.1. The minimum absolute atomic E-state index is 0.340. The SMILES string of the molecule is C[C@H](O)c1c(F)cccc1N(C)Cc1ccc(Br)cc1. The molecule has 106 valence electrons. The molecule has 2 aromatic rings. The maximum absolute atomic E-state index is 13.9. The third-order valence-electron chi connectivity index (χ3n) is 3.19. The molecule has 0 bridgehead atoms. The maximum atomic E-state index is 13.9. The van der Waals surface area contributed by atoms with Gasteiger partial charge in [-0.15, -0.1) is 0 Å². The number of hydrogen-bond acceptors (Lipinski definition) is 2. The topological polar surface area (TPSA) is 23.5 Å². The number of anilines is 1. The van der Waals surface area contributed by atoms with Crippen LogP contribution >= 0.6 is 15.9 Å². The van der Waals surface area contributed by atoms with E-state index >= 15 is 0 Å². The Balaban J connectivity index is 2.27. The van der Waals surface area contributed by atoms with Crippen LogP contribution < -0.4 is 4.90 Å². The van der Waals surface area contributed by atoms with E-state index < -0.39 is 6.10 Å². The molecule has 2 aromatic carbocycles. The number of halogens is 2. The number of aliphatic hydroxyl groups is 1. The molecular weight excluding hydrogens is 321 g/mol. The van der Waals surface area contributed by atoms with Gasteiger partial charge in [-0.05, 0) is 36.8 Å². The summed E-state index contributed by atoms with van der Waals surface area (Å²) in [7, 11) is 1.89. The molecule has 0 saturated carbocycles. The van der Waals surface area contributed by atoms with Gasteiger partial charge in [0, 0.05) is 29.3 Å². The molecule has 1 N–H and O–H groups in total. The minimum atomic E-state index is -0.835. The second-order valence-electron chi connectivity index (χ2n) is 4.83. The van der Waals surface area contributed by atoms with E-state index in [2.05, 4.69) is 15.9 Å². The minimum Gasteiger partial charge on any atom is -0.389 e. The summed E-state index contributed by atoms with van der Waals surface area (Å²) in [4.78, 5) is 1.94. The van der Waals surface area contributed by atoms with E-state index in [1.54, 1.807) is 13.0 Å². The van der Waals surface area contributed by atoms with Gasteiger partial charge in [-0.25, -0.2) is 4.39 Å². The van der Waals surface area contributed by atoms with Crippen molar-refractivity contribution in [1.82, 2.24) is 0 Å². The van der Waals surface area contributed by atoms with Gasteiger partial charge in [-0.1, -0.05) is 34.1 Å². The van der Waals surface area contributed by atoms with Crippen molar-refractivity contribution in [3.8, 4) is 0 Å². The average Bonchev–Trinajstić information content (AvgIpc) is 2.40. The second kappa shape index (κ2) is 6.37. The van der Waals surface area contributed by atoms with E-state index in [1.807, 2.05) is 42.3 Å². The van der Waals surface area contributed by atoms with Crippen LogP contribution in [-0.2, 0) is 6.54 Å².